The van der Waals surface area contributed by atoms with E-state index in [4.69, 9.17) is 9.73 Å². The van der Waals surface area contributed by atoms with Crippen molar-refractivity contribution in [1.29, 1.82) is 0 Å². The molecule has 6 amide bonds. The first kappa shape index (κ1) is 48.0. The lowest BCUT2D eigenvalue weighted by Crippen LogP contribution is -2.38. The molecule has 1 aromatic carbocycles. The summed E-state index contributed by atoms with van der Waals surface area (Å²) >= 11 is 0. The number of ketones is 1. The van der Waals surface area contributed by atoms with Crippen LogP contribution in [-0.4, -0.2) is 93.8 Å². The molecular weight excluding hydrogens is 803 g/mol. The summed E-state index contributed by atoms with van der Waals surface area (Å²) in [5.74, 6) is -0.502. The molecule has 15 nitrogen and oxygen atoms in total. The second-order valence-electron chi connectivity index (χ2n) is 17.6. The Kier molecular flexibility index (Phi) is 17.5. The summed E-state index contributed by atoms with van der Waals surface area (Å²) in [6, 6.07) is 6.80. The highest BCUT2D eigenvalue weighted by Gasteiger charge is 2.31. The number of fused-ring (bicyclic) bond motifs is 1. The lowest BCUT2D eigenvalue weighted by Gasteiger charge is -2.30. The van der Waals surface area contributed by atoms with Crippen molar-refractivity contribution in [3.63, 3.8) is 0 Å². The standard InChI is InChI=1S/C48H63N7O8/c1-6-23-54(24-7-2)46(61)37-26-35-17-18-36(27-40(35)52-41(28-37)53-47(62)63-48(3,4)5)45(60)51-38-25-33(29-49-30-38)14-19-39(56)11-9-8-10-22-50-44(59)34-15-12-32(13-16-34)31-55-42(57)20-21-43(55)58/h17-18,20-21,25-27,29-30,32,34H,6-16,19,22-24,28,31H2,1-5H3,(H,50,59)(H,51,60)(H,52,53,62). The molecule has 338 valence electrons. The summed E-state index contributed by atoms with van der Waals surface area (Å²) in [6.45, 7) is 11.5. The molecule has 1 aromatic heterocycles. The van der Waals surface area contributed by atoms with Crippen molar-refractivity contribution in [2.24, 2.45) is 16.8 Å². The Bertz CT molecular complexity index is 2090. The molecule has 5 rings (SSSR count). The first-order valence-electron chi connectivity index (χ1n) is 22.4. The van der Waals surface area contributed by atoms with Crippen LogP contribution in [0.4, 0.5) is 16.2 Å². The maximum absolute atomic E-state index is 13.7. The topological polar surface area (TPSA) is 197 Å². The van der Waals surface area contributed by atoms with Crippen LogP contribution in [0.2, 0.25) is 0 Å². The van der Waals surface area contributed by atoms with E-state index >= 15 is 0 Å². The van der Waals surface area contributed by atoms with Gasteiger partial charge in [-0.3, -0.25) is 44.0 Å². The number of aliphatic imine (C=N–C) groups is 1. The number of unbranched alkanes of at least 4 members (excludes halogenated alkanes) is 2. The molecule has 1 fully saturated rings. The monoisotopic (exact) mass is 865 g/mol. The Labute approximate surface area is 370 Å². The van der Waals surface area contributed by atoms with E-state index in [0.29, 0.717) is 73.5 Å². The van der Waals surface area contributed by atoms with Crippen LogP contribution in [0, 0.1) is 11.8 Å². The number of pyridine rings is 1. The second kappa shape index (κ2) is 22.9. The number of amidine groups is 1. The van der Waals surface area contributed by atoms with Gasteiger partial charge in [0.05, 0.1) is 17.6 Å². The molecular formula is C48H63N7O8. The number of carbonyl (C=O) groups excluding carboxylic acids is 7. The number of nitrogens with one attached hydrogen (secondary N) is 3. The third kappa shape index (κ3) is 14.8. The summed E-state index contributed by atoms with van der Waals surface area (Å²) in [4.78, 5) is 101. The number of carbonyl (C=O) groups is 7. The number of imide groups is 1. The Morgan fingerprint density at radius 3 is 2.27 bits per heavy atom. The predicted molar refractivity (Wildman–Crippen MR) is 241 cm³/mol. The molecule has 0 atom stereocenters. The second-order valence-corrected chi connectivity index (χ2v) is 17.6. The Morgan fingerprint density at radius 1 is 0.873 bits per heavy atom. The fraction of sp³-hybridized carbons (Fsp3) is 0.521. The molecule has 15 heteroatoms. The van der Waals surface area contributed by atoms with Crippen molar-refractivity contribution >= 4 is 64.7 Å². The maximum atomic E-state index is 13.7. The SMILES string of the molecule is CCCN(CCC)C(=O)C1=Cc2ccc(C(=O)Nc3cncc(CCC(=O)CCCCCNC(=O)C4CCC(CN5C(=O)C=CC5=O)CC4)c3)cc2N=C(NC(=O)OC(C)(C)C)C1. The van der Waals surface area contributed by atoms with Gasteiger partial charge in [0.1, 0.15) is 17.2 Å². The van der Waals surface area contributed by atoms with E-state index in [2.05, 4.69) is 20.9 Å². The quantitative estimate of drug-likeness (QED) is 0.0964. The molecule has 0 saturated heterocycles. The highest BCUT2D eigenvalue weighted by atomic mass is 16.6. The van der Waals surface area contributed by atoms with Crippen LogP contribution in [0.5, 0.6) is 0 Å². The number of hydrogen-bond donors (Lipinski definition) is 3. The molecule has 63 heavy (non-hydrogen) atoms. The number of hydrogen-bond acceptors (Lipinski definition) is 10. The van der Waals surface area contributed by atoms with E-state index in [9.17, 15) is 33.6 Å². The van der Waals surface area contributed by atoms with Gasteiger partial charge in [0.15, 0.2) is 0 Å². The molecule has 0 bridgehead atoms. The van der Waals surface area contributed by atoms with E-state index < -0.39 is 17.6 Å². The third-order valence-electron chi connectivity index (χ3n) is 11.2. The highest BCUT2D eigenvalue weighted by molar-refractivity contribution is 6.13. The normalized spacial score (nSPS) is 17.3. The van der Waals surface area contributed by atoms with E-state index in [1.54, 1.807) is 62.2 Å². The Morgan fingerprint density at radius 2 is 1.59 bits per heavy atom. The first-order valence-corrected chi connectivity index (χ1v) is 22.4. The molecule has 1 aliphatic carbocycles. The van der Waals surface area contributed by atoms with Gasteiger partial charge < -0.3 is 20.3 Å². The maximum Gasteiger partial charge on any atom is 0.413 e. The molecule has 3 N–H and O–H groups in total. The number of anilines is 1. The zero-order chi connectivity index (χ0) is 45.5. The Hall–Kier alpha value is -5.99. The number of aryl methyl sites for hydroxylation is 1. The molecule has 3 heterocycles. The predicted octanol–water partition coefficient (Wildman–Crippen LogP) is 7.23. The van der Waals surface area contributed by atoms with Crippen LogP contribution in [0.15, 0.2) is 59.4 Å². The molecule has 0 spiro atoms. The van der Waals surface area contributed by atoms with Gasteiger partial charge in [-0.15, -0.1) is 0 Å². The molecule has 0 unspecified atom stereocenters. The van der Waals surface area contributed by atoms with Crippen LogP contribution >= 0.6 is 0 Å². The number of Topliss-reactive ketones (excluding diaryl/α,β-unsaturated/α-hetero) is 1. The van der Waals surface area contributed by atoms with Gasteiger partial charge in [-0.05, 0) is 114 Å². The average Bonchev–Trinajstić information content (AvgIpc) is 3.43. The highest BCUT2D eigenvalue weighted by Crippen LogP contribution is 2.31. The summed E-state index contributed by atoms with van der Waals surface area (Å²) in [5, 5.41) is 8.64. The Balaban J connectivity index is 1.07. The van der Waals surface area contributed by atoms with Crippen molar-refractivity contribution in [2.45, 2.75) is 124 Å². The van der Waals surface area contributed by atoms with Gasteiger partial charge in [-0.25, -0.2) is 9.79 Å². The van der Waals surface area contributed by atoms with Crippen LogP contribution in [0.1, 0.15) is 133 Å². The van der Waals surface area contributed by atoms with E-state index in [1.807, 2.05) is 13.8 Å². The number of ether oxygens (including phenoxy) is 1. The number of rotatable bonds is 19. The minimum atomic E-state index is -0.747. The summed E-state index contributed by atoms with van der Waals surface area (Å²) in [6.07, 6.45) is 15.2. The van der Waals surface area contributed by atoms with Gasteiger partial charge in [-0.2, -0.15) is 0 Å². The van der Waals surface area contributed by atoms with Gasteiger partial charge in [0, 0.05) is 86.4 Å². The van der Waals surface area contributed by atoms with Crippen LogP contribution in [-0.2, 0) is 35.1 Å². The van der Waals surface area contributed by atoms with Crippen molar-refractivity contribution in [3.05, 3.63) is 71.1 Å². The number of nitrogens with zero attached hydrogens (tertiary/aromatic N) is 4. The minimum absolute atomic E-state index is 0.0453. The molecule has 3 aliphatic rings. The third-order valence-corrected chi connectivity index (χ3v) is 11.2. The van der Waals surface area contributed by atoms with Gasteiger partial charge in [0.2, 0.25) is 11.8 Å². The number of alkyl carbamates (subject to hydrolysis) is 1. The lowest BCUT2D eigenvalue weighted by atomic mass is 9.81. The zero-order valence-corrected chi connectivity index (χ0v) is 37.4. The fourth-order valence-electron chi connectivity index (χ4n) is 7.96. The molecule has 2 aromatic rings. The summed E-state index contributed by atoms with van der Waals surface area (Å²) in [7, 11) is 0. The van der Waals surface area contributed by atoms with E-state index in [-0.39, 0.29) is 53.5 Å². The molecule has 0 radical (unpaired) electrons. The fourth-order valence-corrected chi connectivity index (χ4v) is 7.96. The minimum Gasteiger partial charge on any atom is -0.444 e. The van der Waals surface area contributed by atoms with Crippen molar-refractivity contribution in [3.8, 4) is 0 Å². The van der Waals surface area contributed by atoms with Crippen LogP contribution < -0.4 is 16.0 Å². The number of aromatic nitrogens is 1. The zero-order valence-electron chi connectivity index (χ0n) is 37.4. The smallest absolute Gasteiger partial charge is 0.413 e. The van der Waals surface area contributed by atoms with Crippen LogP contribution in [0.25, 0.3) is 6.08 Å². The van der Waals surface area contributed by atoms with Gasteiger partial charge in [-0.1, -0.05) is 26.3 Å². The molecule has 1 saturated carbocycles. The molecule has 2 aliphatic heterocycles. The van der Waals surface area contributed by atoms with Crippen molar-refractivity contribution in [2.75, 3.05) is 31.5 Å². The lowest BCUT2D eigenvalue weighted by molar-refractivity contribution is -0.138. The number of benzene rings is 1. The van der Waals surface area contributed by atoms with E-state index in [0.717, 1.165) is 63.4 Å². The first-order chi connectivity index (χ1) is 30.1. The van der Waals surface area contributed by atoms with Crippen molar-refractivity contribution in [1.82, 2.24) is 25.4 Å². The van der Waals surface area contributed by atoms with Gasteiger partial charge in [0.25, 0.3) is 17.7 Å². The number of amides is 6. The summed E-state index contributed by atoms with van der Waals surface area (Å²) < 4.78 is 5.47. The average molecular weight is 866 g/mol. The van der Waals surface area contributed by atoms with Crippen molar-refractivity contribution < 1.29 is 38.3 Å². The van der Waals surface area contributed by atoms with E-state index in [1.165, 1.54) is 23.2 Å². The summed E-state index contributed by atoms with van der Waals surface area (Å²) in [5.41, 5.74) is 2.33. The van der Waals surface area contributed by atoms with Gasteiger partial charge >= 0.3 is 6.09 Å². The van der Waals surface area contributed by atoms with Crippen LogP contribution in [0.3, 0.4) is 0 Å². The largest absolute Gasteiger partial charge is 0.444 e.